The third kappa shape index (κ3) is 7.27. The highest BCUT2D eigenvalue weighted by Crippen LogP contribution is 2.29. The maximum Gasteiger partial charge on any atom is 0.191 e. The van der Waals surface area contributed by atoms with E-state index in [0.29, 0.717) is 6.04 Å². The molecule has 1 aliphatic heterocycles. The second-order valence-corrected chi connectivity index (χ2v) is 8.36. The molecule has 6 nitrogen and oxygen atoms in total. The van der Waals surface area contributed by atoms with Crippen LogP contribution in [0.4, 0.5) is 0 Å². The highest BCUT2D eigenvalue weighted by Gasteiger charge is 2.31. The number of likely N-dealkylation sites (tertiary alicyclic amines) is 1. The predicted molar refractivity (Wildman–Crippen MR) is 141 cm³/mol. The molecule has 0 bridgehead atoms. The molecular formula is C25H35IN4O2. The van der Waals surface area contributed by atoms with E-state index in [1.807, 2.05) is 43.4 Å². The van der Waals surface area contributed by atoms with Crippen LogP contribution in [0.3, 0.4) is 0 Å². The van der Waals surface area contributed by atoms with Crippen LogP contribution in [0.2, 0.25) is 0 Å². The summed E-state index contributed by atoms with van der Waals surface area (Å²) in [7, 11) is 3.51. The maximum absolute atomic E-state index is 5.90. The SMILES string of the molecule is CN=C(NCCc1ccc(Oc2ccc(OC)cc2)cc1)NC1CCN(C2CC2)CC1.I. The Bertz CT molecular complexity index is 845. The van der Waals surface area contributed by atoms with Crippen LogP contribution in [-0.4, -0.2) is 56.7 Å². The van der Waals surface area contributed by atoms with Crippen LogP contribution in [0.25, 0.3) is 0 Å². The van der Waals surface area contributed by atoms with Crippen molar-refractivity contribution in [2.75, 3.05) is 33.8 Å². The Hall–Kier alpha value is -2.00. The molecule has 1 aliphatic carbocycles. The molecule has 7 heteroatoms. The van der Waals surface area contributed by atoms with Crippen LogP contribution in [0.5, 0.6) is 17.2 Å². The van der Waals surface area contributed by atoms with Crippen molar-refractivity contribution in [3.8, 4) is 17.2 Å². The predicted octanol–water partition coefficient (Wildman–Crippen LogP) is 4.44. The third-order valence-electron chi connectivity index (χ3n) is 6.08. The molecule has 32 heavy (non-hydrogen) atoms. The lowest BCUT2D eigenvalue weighted by Crippen LogP contribution is -2.49. The van der Waals surface area contributed by atoms with Crippen LogP contribution in [0, 0.1) is 0 Å². The molecule has 1 saturated heterocycles. The van der Waals surface area contributed by atoms with E-state index in [0.717, 1.165) is 42.2 Å². The number of aliphatic imine (C=N–C) groups is 1. The van der Waals surface area contributed by atoms with Gasteiger partial charge in [0.25, 0.3) is 0 Å². The van der Waals surface area contributed by atoms with Crippen molar-refractivity contribution in [1.82, 2.24) is 15.5 Å². The summed E-state index contributed by atoms with van der Waals surface area (Å²) in [5.41, 5.74) is 1.27. The largest absolute Gasteiger partial charge is 0.497 e. The van der Waals surface area contributed by atoms with Gasteiger partial charge in [0.2, 0.25) is 0 Å². The normalized spacial score (nSPS) is 17.4. The number of nitrogens with zero attached hydrogens (tertiary/aromatic N) is 2. The van der Waals surface area contributed by atoms with E-state index in [2.05, 4.69) is 32.7 Å². The molecule has 0 radical (unpaired) electrons. The third-order valence-corrected chi connectivity index (χ3v) is 6.08. The zero-order chi connectivity index (χ0) is 21.5. The molecule has 2 N–H and O–H groups in total. The molecule has 2 aliphatic rings. The summed E-state index contributed by atoms with van der Waals surface area (Å²) in [4.78, 5) is 7.05. The fourth-order valence-electron chi connectivity index (χ4n) is 4.07. The van der Waals surface area contributed by atoms with Gasteiger partial charge in [-0.2, -0.15) is 0 Å². The molecule has 2 aromatic rings. The van der Waals surface area contributed by atoms with Crippen molar-refractivity contribution < 1.29 is 9.47 Å². The average molecular weight is 550 g/mol. The van der Waals surface area contributed by atoms with E-state index in [9.17, 15) is 0 Å². The molecule has 2 aromatic carbocycles. The highest BCUT2D eigenvalue weighted by molar-refractivity contribution is 14.0. The second kappa shape index (κ2) is 12.3. The fraction of sp³-hybridized carbons (Fsp3) is 0.480. The van der Waals surface area contributed by atoms with E-state index in [1.165, 1.54) is 44.3 Å². The average Bonchev–Trinajstić information content (AvgIpc) is 3.66. The van der Waals surface area contributed by atoms with Gasteiger partial charge in [0.15, 0.2) is 5.96 Å². The maximum atomic E-state index is 5.90. The highest BCUT2D eigenvalue weighted by atomic mass is 127. The summed E-state index contributed by atoms with van der Waals surface area (Å²) in [5.74, 6) is 3.36. The lowest BCUT2D eigenvalue weighted by molar-refractivity contribution is 0.197. The minimum atomic E-state index is 0. The Morgan fingerprint density at radius 3 is 2.09 bits per heavy atom. The standard InChI is InChI=1S/C25H34N4O2.HI/c1-26-25(28-20-14-17-29(18-15-20)21-5-6-21)27-16-13-19-3-7-23(8-4-19)31-24-11-9-22(30-2)10-12-24;/h3-4,7-12,20-21H,5-6,13-18H2,1-2H3,(H2,26,27,28);1H. The van der Waals surface area contributed by atoms with Crippen molar-refractivity contribution in [3.63, 3.8) is 0 Å². The molecule has 1 heterocycles. The van der Waals surface area contributed by atoms with E-state index in [-0.39, 0.29) is 24.0 Å². The Morgan fingerprint density at radius 1 is 0.938 bits per heavy atom. The van der Waals surface area contributed by atoms with E-state index < -0.39 is 0 Å². The first-order chi connectivity index (χ1) is 15.2. The lowest BCUT2D eigenvalue weighted by Gasteiger charge is -2.33. The van der Waals surface area contributed by atoms with E-state index >= 15 is 0 Å². The number of halogens is 1. The van der Waals surface area contributed by atoms with Crippen LogP contribution in [-0.2, 0) is 6.42 Å². The van der Waals surface area contributed by atoms with Gasteiger partial charge in [0.05, 0.1) is 7.11 Å². The van der Waals surface area contributed by atoms with Gasteiger partial charge < -0.3 is 25.0 Å². The molecule has 1 saturated carbocycles. The Kier molecular flexibility index (Phi) is 9.47. The number of hydrogen-bond donors (Lipinski definition) is 2. The minimum absolute atomic E-state index is 0. The van der Waals surface area contributed by atoms with Crippen molar-refractivity contribution in [2.24, 2.45) is 4.99 Å². The number of rotatable bonds is 8. The zero-order valence-electron chi connectivity index (χ0n) is 19.0. The molecule has 2 fully saturated rings. The van der Waals surface area contributed by atoms with Gasteiger partial charge >= 0.3 is 0 Å². The van der Waals surface area contributed by atoms with Crippen molar-refractivity contribution in [2.45, 2.75) is 44.2 Å². The Balaban J connectivity index is 0.00000289. The number of ether oxygens (including phenoxy) is 2. The topological polar surface area (TPSA) is 58.1 Å². The number of nitrogens with one attached hydrogen (secondary N) is 2. The summed E-state index contributed by atoms with van der Waals surface area (Å²) in [5, 5.41) is 7.06. The van der Waals surface area contributed by atoms with Gasteiger partial charge in [-0.1, -0.05) is 12.1 Å². The van der Waals surface area contributed by atoms with Gasteiger partial charge in [-0.3, -0.25) is 4.99 Å². The summed E-state index contributed by atoms with van der Waals surface area (Å²) in [6.07, 6.45) is 6.13. The number of hydrogen-bond acceptors (Lipinski definition) is 4. The fourth-order valence-corrected chi connectivity index (χ4v) is 4.07. The van der Waals surface area contributed by atoms with Gasteiger partial charge in [0, 0.05) is 38.8 Å². The van der Waals surface area contributed by atoms with E-state index in [4.69, 9.17) is 9.47 Å². The zero-order valence-corrected chi connectivity index (χ0v) is 21.4. The molecule has 0 aromatic heterocycles. The first-order valence-corrected chi connectivity index (χ1v) is 11.4. The van der Waals surface area contributed by atoms with Crippen LogP contribution < -0.4 is 20.1 Å². The van der Waals surface area contributed by atoms with Crippen LogP contribution >= 0.6 is 24.0 Å². The first kappa shape index (κ1) is 24.6. The second-order valence-electron chi connectivity index (χ2n) is 8.36. The molecule has 174 valence electrons. The molecule has 0 amide bonds. The van der Waals surface area contributed by atoms with Crippen LogP contribution in [0.1, 0.15) is 31.2 Å². The summed E-state index contributed by atoms with van der Waals surface area (Å²) in [6.45, 7) is 3.27. The summed E-state index contributed by atoms with van der Waals surface area (Å²) < 4.78 is 11.1. The van der Waals surface area contributed by atoms with Gasteiger partial charge in [-0.25, -0.2) is 0 Å². The Labute approximate surface area is 208 Å². The molecular weight excluding hydrogens is 515 g/mol. The Morgan fingerprint density at radius 2 is 1.53 bits per heavy atom. The lowest BCUT2D eigenvalue weighted by atomic mass is 10.1. The van der Waals surface area contributed by atoms with E-state index in [1.54, 1.807) is 7.11 Å². The quantitative estimate of drug-likeness (QED) is 0.289. The van der Waals surface area contributed by atoms with Gasteiger partial charge in [-0.05, 0) is 74.1 Å². The van der Waals surface area contributed by atoms with Crippen molar-refractivity contribution in [3.05, 3.63) is 54.1 Å². The number of piperidine rings is 1. The van der Waals surface area contributed by atoms with Crippen molar-refractivity contribution >= 4 is 29.9 Å². The summed E-state index contributed by atoms with van der Waals surface area (Å²) >= 11 is 0. The van der Waals surface area contributed by atoms with Gasteiger partial charge in [-0.15, -0.1) is 24.0 Å². The molecule has 0 unspecified atom stereocenters. The van der Waals surface area contributed by atoms with Crippen molar-refractivity contribution in [1.29, 1.82) is 0 Å². The van der Waals surface area contributed by atoms with Crippen LogP contribution in [0.15, 0.2) is 53.5 Å². The molecule has 4 rings (SSSR count). The van der Waals surface area contributed by atoms with Gasteiger partial charge in [0.1, 0.15) is 17.2 Å². The smallest absolute Gasteiger partial charge is 0.191 e. The number of benzene rings is 2. The minimum Gasteiger partial charge on any atom is -0.497 e. The summed E-state index contributed by atoms with van der Waals surface area (Å²) in [6, 6.07) is 17.3. The number of guanidine groups is 1. The molecule has 0 spiro atoms. The first-order valence-electron chi connectivity index (χ1n) is 11.4. The monoisotopic (exact) mass is 550 g/mol. The number of methoxy groups -OCH3 is 1. The molecule has 0 atom stereocenters.